The van der Waals surface area contributed by atoms with E-state index < -0.39 is 0 Å². The highest BCUT2D eigenvalue weighted by atomic mass is 31.0. The van der Waals surface area contributed by atoms with Gasteiger partial charge < -0.3 is 4.65 Å². The highest BCUT2D eigenvalue weighted by molar-refractivity contribution is 7.19. The summed E-state index contributed by atoms with van der Waals surface area (Å²) in [6, 6.07) is 8.32. The lowest BCUT2D eigenvalue weighted by Gasteiger charge is -2.39. The smallest absolute Gasteiger partial charge is 0.330 e. The van der Waals surface area contributed by atoms with Crippen LogP contribution in [0.5, 0.6) is 0 Å². The molecule has 3 heteroatoms. The van der Waals surface area contributed by atoms with E-state index in [1.54, 1.807) is 0 Å². The molecule has 1 unspecified atom stereocenters. The molecule has 1 radical (unpaired) electrons. The van der Waals surface area contributed by atoms with Crippen LogP contribution in [0, 0.1) is 6.92 Å². The topological polar surface area (TPSA) is 9.23 Å². The first-order valence-electron chi connectivity index (χ1n) is 5.59. The van der Waals surface area contributed by atoms with Crippen molar-refractivity contribution in [3.63, 3.8) is 0 Å². The molecule has 1 aromatic carbocycles. The van der Waals surface area contributed by atoms with Crippen LogP contribution >= 0.6 is 9.24 Å². The number of rotatable bonds is 4. The fraction of sp³-hybridized carbons (Fsp3) is 0.538. The Morgan fingerprint density at radius 1 is 1.06 bits per heavy atom. The van der Waals surface area contributed by atoms with Gasteiger partial charge in [0.2, 0.25) is 0 Å². The predicted octanol–water partition coefficient (Wildman–Crippen LogP) is 2.69. The van der Waals surface area contributed by atoms with Crippen LogP contribution < -0.4 is 5.46 Å². The molecule has 0 saturated carbocycles. The number of hydrogen-bond acceptors (Lipinski definition) is 1. The molecule has 87 valence electrons. The Hall–Kier alpha value is -0.325. The zero-order chi connectivity index (χ0) is 12.4. The molecule has 1 atom stereocenters. The summed E-state index contributed by atoms with van der Waals surface area (Å²) in [7, 11) is 4.67. The van der Waals surface area contributed by atoms with Crippen molar-refractivity contribution in [3.05, 3.63) is 29.8 Å². The molecule has 0 aliphatic carbocycles. The van der Waals surface area contributed by atoms with Gasteiger partial charge in [0.1, 0.15) is 0 Å². The van der Waals surface area contributed by atoms with Crippen molar-refractivity contribution in [2.75, 3.05) is 0 Å². The molecule has 0 saturated heterocycles. The van der Waals surface area contributed by atoms with E-state index in [1.165, 1.54) is 5.56 Å². The Bertz CT molecular complexity index is 338. The first kappa shape index (κ1) is 13.7. The summed E-state index contributed by atoms with van der Waals surface area (Å²) < 4.78 is 5.87. The Balaban J connectivity index is 2.61. The number of aryl methyl sites for hydroxylation is 1. The predicted molar refractivity (Wildman–Crippen MR) is 75.5 cm³/mol. The van der Waals surface area contributed by atoms with Crippen LogP contribution in [-0.4, -0.2) is 18.2 Å². The molecular formula is C13H21BOP. The van der Waals surface area contributed by atoms with Crippen molar-refractivity contribution in [3.8, 4) is 0 Å². The molecule has 1 rings (SSSR count). The van der Waals surface area contributed by atoms with Crippen LogP contribution in [0.15, 0.2) is 24.3 Å². The minimum Gasteiger partial charge on any atom is -0.429 e. The quantitative estimate of drug-likeness (QED) is 0.575. The second kappa shape index (κ2) is 4.90. The summed E-state index contributed by atoms with van der Waals surface area (Å²) in [5, 5.41) is 0.0359. The standard InChI is InChI=1S/C13H21BOP/c1-10-6-8-11(9-7-10)14-15-12(2,3)13(4,5)16/h6-9H,16H2,1-5H3. The molecule has 1 aromatic rings. The third-order valence-electron chi connectivity index (χ3n) is 3.12. The van der Waals surface area contributed by atoms with Crippen molar-refractivity contribution in [1.82, 2.24) is 0 Å². The van der Waals surface area contributed by atoms with Crippen LogP contribution in [-0.2, 0) is 4.65 Å². The largest absolute Gasteiger partial charge is 0.429 e. The summed E-state index contributed by atoms with van der Waals surface area (Å²) in [5.41, 5.74) is 2.17. The van der Waals surface area contributed by atoms with Crippen LogP contribution in [0.2, 0.25) is 0 Å². The molecule has 16 heavy (non-hydrogen) atoms. The van der Waals surface area contributed by atoms with Gasteiger partial charge in [0.15, 0.2) is 0 Å². The Morgan fingerprint density at radius 2 is 1.56 bits per heavy atom. The fourth-order valence-electron chi connectivity index (χ4n) is 1.01. The van der Waals surface area contributed by atoms with Gasteiger partial charge in [0.05, 0.1) is 5.60 Å². The molecule has 0 amide bonds. The van der Waals surface area contributed by atoms with Gasteiger partial charge in [-0.2, -0.15) is 0 Å². The maximum atomic E-state index is 5.87. The summed E-state index contributed by atoms with van der Waals surface area (Å²) in [6.45, 7) is 10.6. The van der Waals surface area contributed by atoms with E-state index in [0.29, 0.717) is 0 Å². The monoisotopic (exact) mass is 235 g/mol. The highest BCUT2D eigenvalue weighted by Crippen LogP contribution is 2.32. The second-order valence-electron chi connectivity index (χ2n) is 5.38. The summed E-state index contributed by atoms with van der Waals surface area (Å²) in [5.74, 6) is 0. The van der Waals surface area contributed by atoms with Crippen molar-refractivity contribution in [1.29, 1.82) is 0 Å². The van der Waals surface area contributed by atoms with Gasteiger partial charge in [-0.05, 0) is 20.8 Å². The van der Waals surface area contributed by atoms with Crippen molar-refractivity contribution in [2.24, 2.45) is 0 Å². The van der Waals surface area contributed by atoms with Gasteiger partial charge in [0.25, 0.3) is 0 Å². The second-order valence-corrected chi connectivity index (χ2v) is 6.82. The maximum Gasteiger partial charge on any atom is 0.330 e. The lowest BCUT2D eigenvalue weighted by Crippen LogP contribution is -2.45. The van der Waals surface area contributed by atoms with Crippen molar-refractivity contribution >= 4 is 22.2 Å². The molecule has 0 heterocycles. The lowest BCUT2D eigenvalue weighted by atomic mass is 9.84. The van der Waals surface area contributed by atoms with Crippen LogP contribution in [0.4, 0.5) is 0 Å². The molecule has 1 nitrogen and oxygen atoms in total. The third kappa shape index (κ3) is 3.61. The van der Waals surface area contributed by atoms with E-state index in [1.807, 2.05) is 7.48 Å². The van der Waals surface area contributed by atoms with E-state index in [0.717, 1.165) is 5.46 Å². The Kier molecular flexibility index (Phi) is 4.20. The molecule has 0 fully saturated rings. The summed E-state index contributed by atoms with van der Waals surface area (Å²) >= 11 is 0. The van der Waals surface area contributed by atoms with Gasteiger partial charge in [-0.3, -0.25) is 0 Å². The normalized spacial score (nSPS) is 12.6. The molecule has 0 N–H and O–H groups in total. The lowest BCUT2D eigenvalue weighted by molar-refractivity contribution is 0.0841. The number of hydrogen-bond donors (Lipinski definition) is 0. The van der Waals surface area contributed by atoms with Gasteiger partial charge in [0, 0.05) is 5.16 Å². The first-order chi connectivity index (χ1) is 7.22. The van der Waals surface area contributed by atoms with Crippen molar-refractivity contribution in [2.45, 2.75) is 45.4 Å². The highest BCUT2D eigenvalue weighted by Gasteiger charge is 2.33. The molecule has 0 aromatic heterocycles. The average Bonchev–Trinajstić information content (AvgIpc) is 2.15. The Morgan fingerprint density at radius 3 is 2.00 bits per heavy atom. The van der Waals surface area contributed by atoms with E-state index >= 15 is 0 Å². The minimum absolute atomic E-state index is 0.0359. The summed E-state index contributed by atoms with van der Waals surface area (Å²) in [4.78, 5) is 0. The first-order valence-corrected chi connectivity index (χ1v) is 6.17. The maximum absolute atomic E-state index is 5.87. The molecule has 0 bridgehead atoms. The zero-order valence-corrected chi connectivity index (χ0v) is 12.0. The third-order valence-corrected chi connectivity index (χ3v) is 3.81. The van der Waals surface area contributed by atoms with Crippen LogP contribution in [0.1, 0.15) is 33.3 Å². The molecule has 0 aliphatic heterocycles. The SMILES string of the molecule is Cc1ccc([B]OC(C)(C)C(C)(C)P)cc1. The molecular weight excluding hydrogens is 214 g/mol. The van der Waals surface area contributed by atoms with Gasteiger partial charge in [-0.15, -0.1) is 9.24 Å². The number of benzene rings is 1. The zero-order valence-electron chi connectivity index (χ0n) is 10.9. The van der Waals surface area contributed by atoms with Crippen LogP contribution in [0.3, 0.4) is 0 Å². The van der Waals surface area contributed by atoms with Crippen LogP contribution in [0.25, 0.3) is 0 Å². The van der Waals surface area contributed by atoms with Gasteiger partial charge >= 0.3 is 7.48 Å². The van der Waals surface area contributed by atoms with E-state index in [4.69, 9.17) is 4.65 Å². The van der Waals surface area contributed by atoms with E-state index in [9.17, 15) is 0 Å². The summed E-state index contributed by atoms with van der Waals surface area (Å²) in [6.07, 6.45) is 0. The van der Waals surface area contributed by atoms with E-state index in [2.05, 4.69) is 68.1 Å². The van der Waals surface area contributed by atoms with Crippen molar-refractivity contribution < 1.29 is 4.65 Å². The van der Waals surface area contributed by atoms with E-state index in [-0.39, 0.29) is 10.8 Å². The fourth-order valence-corrected chi connectivity index (χ4v) is 1.08. The minimum atomic E-state index is -0.206. The molecule has 0 spiro atoms. The van der Waals surface area contributed by atoms with Gasteiger partial charge in [-0.1, -0.05) is 49.1 Å². The average molecular weight is 235 g/mol. The van der Waals surface area contributed by atoms with Gasteiger partial charge in [-0.25, -0.2) is 0 Å². The molecule has 0 aliphatic rings. The Labute approximate surface area is 102 Å².